The first-order chi connectivity index (χ1) is 6.31. The number of benzene rings is 1. The minimum absolute atomic E-state index is 0.303. The Morgan fingerprint density at radius 3 is 2.69 bits per heavy atom. The van der Waals surface area contributed by atoms with Crippen molar-refractivity contribution in [2.75, 3.05) is 19.1 Å². The summed E-state index contributed by atoms with van der Waals surface area (Å²) < 4.78 is 5.18. The summed E-state index contributed by atoms with van der Waals surface area (Å²) in [5.74, 6) is 0.750. The summed E-state index contributed by atoms with van der Waals surface area (Å²) in [4.78, 5) is 10.1. The fraction of sp³-hybridized carbons (Fsp3) is 0.333. The Hall–Kier alpha value is -1.26. The predicted molar refractivity (Wildman–Crippen MR) is 47.2 cm³/mol. The SMILES string of the molecule is COc1cc(C)ccc1N1OCO1. The molecule has 4 heteroatoms. The number of methoxy groups -OCH3 is 1. The molecular weight excluding hydrogens is 170 g/mol. The summed E-state index contributed by atoms with van der Waals surface area (Å²) in [5.41, 5.74) is 1.93. The molecule has 0 amide bonds. The van der Waals surface area contributed by atoms with Crippen LogP contribution in [0.2, 0.25) is 0 Å². The van der Waals surface area contributed by atoms with Crippen LogP contribution in [0.3, 0.4) is 0 Å². The van der Waals surface area contributed by atoms with Crippen LogP contribution in [-0.4, -0.2) is 13.9 Å². The zero-order valence-corrected chi connectivity index (χ0v) is 7.61. The Kier molecular flexibility index (Phi) is 2.08. The normalized spacial score (nSPS) is 15.4. The Morgan fingerprint density at radius 1 is 1.38 bits per heavy atom. The molecule has 0 unspecified atom stereocenters. The van der Waals surface area contributed by atoms with Gasteiger partial charge in [-0.05, 0) is 24.6 Å². The summed E-state index contributed by atoms with van der Waals surface area (Å²) in [7, 11) is 1.62. The second-order valence-electron chi connectivity index (χ2n) is 2.81. The molecule has 1 aromatic carbocycles. The van der Waals surface area contributed by atoms with E-state index in [1.165, 1.54) is 5.23 Å². The summed E-state index contributed by atoms with van der Waals surface area (Å²) in [5, 5.41) is 1.35. The maximum Gasteiger partial charge on any atom is 0.205 e. The number of hydrogen-bond acceptors (Lipinski definition) is 4. The molecule has 0 saturated carbocycles. The number of aryl methyl sites for hydroxylation is 1. The first-order valence-corrected chi connectivity index (χ1v) is 4.02. The van der Waals surface area contributed by atoms with Crippen LogP contribution in [0.25, 0.3) is 0 Å². The van der Waals surface area contributed by atoms with Gasteiger partial charge in [0.05, 0.1) is 7.11 Å². The molecule has 0 spiro atoms. The lowest BCUT2D eigenvalue weighted by molar-refractivity contribution is -0.277. The van der Waals surface area contributed by atoms with Crippen molar-refractivity contribution in [2.45, 2.75) is 6.92 Å². The first-order valence-electron chi connectivity index (χ1n) is 4.02. The highest BCUT2D eigenvalue weighted by Crippen LogP contribution is 2.31. The van der Waals surface area contributed by atoms with Gasteiger partial charge in [-0.3, -0.25) is 0 Å². The van der Waals surface area contributed by atoms with E-state index in [4.69, 9.17) is 14.4 Å². The zero-order valence-electron chi connectivity index (χ0n) is 7.61. The van der Waals surface area contributed by atoms with Gasteiger partial charge in [-0.15, -0.1) is 5.23 Å². The zero-order chi connectivity index (χ0) is 9.26. The molecule has 1 saturated heterocycles. The van der Waals surface area contributed by atoms with Gasteiger partial charge in [-0.1, -0.05) is 6.07 Å². The highest BCUT2D eigenvalue weighted by atomic mass is 17.1. The van der Waals surface area contributed by atoms with Gasteiger partial charge >= 0.3 is 0 Å². The molecule has 0 N–H and O–H groups in total. The van der Waals surface area contributed by atoms with Crippen molar-refractivity contribution in [2.24, 2.45) is 0 Å². The lowest BCUT2D eigenvalue weighted by Gasteiger charge is -2.30. The highest BCUT2D eigenvalue weighted by Gasteiger charge is 2.20. The third-order valence-corrected chi connectivity index (χ3v) is 1.87. The predicted octanol–water partition coefficient (Wildman–Crippen LogP) is 1.64. The van der Waals surface area contributed by atoms with Gasteiger partial charge in [0.25, 0.3) is 0 Å². The average Bonchev–Trinajstić information content (AvgIpc) is 2.05. The highest BCUT2D eigenvalue weighted by molar-refractivity contribution is 5.57. The van der Waals surface area contributed by atoms with Crippen molar-refractivity contribution in [1.82, 2.24) is 0 Å². The van der Waals surface area contributed by atoms with Crippen LogP contribution >= 0.6 is 0 Å². The molecule has 0 bridgehead atoms. The van der Waals surface area contributed by atoms with Crippen molar-refractivity contribution in [3.8, 4) is 5.75 Å². The van der Waals surface area contributed by atoms with Gasteiger partial charge in [-0.25, -0.2) is 9.68 Å². The van der Waals surface area contributed by atoms with Crippen LogP contribution in [0.1, 0.15) is 5.56 Å². The second kappa shape index (κ2) is 3.24. The van der Waals surface area contributed by atoms with Crippen LogP contribution in [0.5, 0.6) is 5.75 Å². The van der Waals surface area contributed by atoms with Crippen LogP contribution in [0, 0.1) is 6.92 Å². The van der Waals surface area contributed by atoms with E-state index in [0.717, 1.165) is 17.0 Å². The van der Waals surface area contributed by atoms with E-state index in [0.29, 0.717) is 6.79 Å². The van der Waals surface area contributed by atoms with E-state index in [2.05, 4.69) is 0 Å². The summed E-state index contributed by atoms with van der Waals surface area (Å²) in [6.45, 7) is 2.31. The number of hydrogen-bond donors (Lipinski definition) is 0. The van der Waals surface area contributed by atoms with Crippen LogP contribution < -0.4 is 9.96 Å². The van der Waals surface area contributed by atoms with Gasteiger partial charge in [0.2, 0.25) is 6.79 Å². The largest absolute Gasteiger partial charge is 0.494 e. The van der Waals surface area contributed by atoms with Crippen LogP contribution in [-0.2, 0) is 9.68 Å². The number of anilines is 1. The molecule has 13 heavy (non-hydrogen) atoms. The van der Waals surface area contributed by atoms with Gasteiger partial charge < -0.3 is 4.74 Å². The molecule has 1 aliphatic heterocycles. The lowest BCUT2D eigenvalue weighted by atomic mass is 10.2. The van der Waals surface area contributed by atoms with E-state index >= 15 is 0 Å². The second-order valence-corrected chi connectivity index (χ2v) is 2.81. The van der Waals surface area contributed by atoms with E-state index in [1.807, 2.05) is 25.1 Å². The fourth-order valence-electron chi connectivity index (χ4n) is 1.18. The molecule has 0 atom stereocenters. The fourth-order valence-corrected chi connectivity index (χ4v) is 1.18. The molecule has 0 aromatic heterocycles. The Balaban J connectivity index is 2.32. The van der Waals surface area contributed by atoms with Crippen molar-refractivity contribution in [1.29, 1.82) is 0 Å². The Bertz CT molecular complexity index is 310. The molecule has 4 nitrogen and oxygen atoms in total. The molecule has 1 fully saturated rings. The smallest absolute Gasteiger partial charge is 0.205 e. The average molecular weight is 181 g/mol. The van der Waals surface area contributed by atoms with Gasteiger partial charge in [-0.2, -0.15) is 0 Å². The van der Waals surface area contributed by atoms with Crippen molar-refractivity contribution in [3.05, 3.63) is 23.8 Å². The minimum Gasteiger partial charge on any atom is -0.494 e. The topological polar surface area (TPSA) is 30.9 Å². The third-order valence-electron chi connectivity index (χ3n) is 1.87. The molecular formula is C9H11NO3. The number of nitrogens with zero attached hydrogens (tertiary/aromatic N) is 1. The molecule has 0 radical (unpaired) electrons. The number of ether oxygens (including phenoxy) is 1. The molecule has 1 aliphatic rings. The summed E-state index contributed by atoms with van der Waals surface area (Å²) in [6, 6.07) is 5.80. The van der Waals surface area contributed by atoms with E-state index in [1.54, 1.807) is 7.11 Å². The Labute approximate surface area is 76.5 Å². The molecule has 70 valence electrons. The van der Waals surface area contributed by atoms with Gasteiger partial charge in [0.1, 0.15) is 11.4 Å². The Morgan fingerprint density at radius 2 is 2.15 bits per heavy atom. The van der Waals surface area contributed by atoms with Crippen LogP contribution in [0.4, 0.5) is 5.69 Å². The maximum atomic E-state index is 5.18. The van der Waals surface area contributed by atoms with E-state index in [-0.39, 0.29) is 0 Å². The minimum atomic E-state index is 0.303. The van der Waals surface area contributed by atoms with Crippen molar-refractivity contribution >= 4 is 5.69 Å². The molecule has 2 rings (SSSR count). The molecule has 1 heterocycles. The van der Waals surface area contributed by atoms with Gasteiger partial charge in [0, 0.05) is 0 Å². The third kappa shape index (κ3) is 1.46. The van der Waals surface area contributed by atoms with Crippen LogP contribution in [0.15, 0.2) is 18.2 Å². The van der Waals surface area contributed by atoms with Crippen molar-refractivity contribution < 1.29 is 14.4 Å². The van der Waals surface area contributed by atoms with Crippen molar-refractivity contribution in [3.63, 3.8) is 0 Å². The quantitative estimate of drug-likeness (QED) is 0.694. The lowest BCUT2D eigenvalue weighted by Crippen LogP contribution is -2.36. The summed E-state index contributed by atoms with van der Waals surface area (Å²) >= 11 is 0. The summed E-state index contributed by atoms with van der Waals surface area (Å²) in [6.07, 6.45) is 0. The number of rotatable bonds is 2. The van der Waals surface area contributed by atoms with E-state index in [9.17, 15) is 0 Å². The molecule has 1 aromatic rings. The standard InChI is InChI=1S/C9H11NO3/c1-7-3-4-8(9(5-7)11-2)10-12-6-13-10/h3-5H,6H2,1-2H3. The maximum absolute atomic E-state index is 5.18. The van der Waals surface area contributed by atoms with E-state index < -0.39 is 0 Å². The monoisotopic (exact) mass is 181 g/mol. The first kappa shape index (κ1) is 8.34. The van der Waals surface area contributed by atoms with Gasteiger partial charge in [0.15, 0.2) is 0 Å². The molecule has 0 aliphatic carbocycles.